The number of benzene rings is 2. The standard InChI is InChI=1S/C19H16N2O6/c22-10-9-20-16(13-7-4-8-14(11-13)21(26)27)15(18(24)19(20)25)17(23)12-5-2-1-3-6-12/h1-8,11,16,22-23H,9-10H2/b17-15-/t16-/m1/s1. The Hall–Kier alpha value is -3.52. The third-order valence-corrected chi connectivity index (χ3v) is 4.32. The first kappa shape index (κ1) is 18.3. The first-order chi connectivity index (χ1) is 13.0. The molecule has 0 bridgehead atoms. The van der Waals surface area contributed by atoms with Crippen LogP contribution in [0.4, 0.5) is 5.69 Å². The summed E-state index contributed by atoms with van der Waals surface area (Å²) >= 11 is 0. The number of nitro benzene ring substituents is 1. The Morgan fingerprint density at radius 2 is 1.81 bits per heavy atom. The predicted octanol–water partition coefficient (Wildman–Crippen LogP) is 2.01. The monoisotopic (exact) mass is 368 g/mol. The molecule has 2 N–H and O–H groups in total. The van der Waals surface area contributed by atoms with Crippen LogP contribution >= 0.6 is 0 Å². The lowest BCUT2D eigenvalue weighted by molar-refractivity contribution is -0.384. The minimum atomic E-state index is -1.03. The number of carbonyl (C=O) groups excluding carboxylic acids is 2. The van der Waals surface area contributed by atoms with Crippen molar-refractivity contribution in [3.8, 4) is 0 Å². The van der Waals surface area contributed by atoms with Crippen LogP contribution in [0.25, 0.3) is 5.76 Å². The highest BCUT2D eigenvalue weighted by Crippen LogP contribution is 2.39. The summed E-state index contributed by atoms with van der Waals surface area (Å²) < 4.78 is 0. The van der Waals surface area contributed by atoms with Gasteiger partial charge in [-0.25, -0.2) is 0 Å². The van der Waals surface area contributed by atoms with E-state index in [2.05, 4.69) is 0 Å². The molecule has 0 aromatic heterocycles. The number of amides is 1. The van der Waals surface area contributed by atoms with Crippen LogP contribution < -0.4 is 0 Å². The first-order valence-corrected chi connectivity index (χ1v) is 8.14. The van der Waals surface area contributed by atoms with Gasteiger partial charge in [-0.15, -0.1) is 0 Å². The smallest absolute Gasteiger partial charge is 0.295 e. The number of hydrogen-bond donors (Lipinski definition) is 2. The number of aliphatic hydroxyl groups excluding tert-OH is 2. The molecule has 1 aliphatic rings. The minimum absolute atomic E-state index is 0.149. The highest BCUT2D eigenvalue weighted by Gasteiger charge is 2.46. The van der Waals surface area contributed by atoms with Gasteiger partial charge in [0, 0.05) is 24.2 Å². The van der Waals surface area contributed by atoms with Crippen molar-refractivity contribution in [3.63, 3.8) is 0 Å². The van der Waals surface area contributed by atoms with Crippen molar-refractivity contribution < 1.29 is 24.7 Å². The Labute approximate surface area is 154 Å². The number of β-amino-alcohol motifs (C(OH)–C–C–N with tert-alkyl or cyclic N) is 1. The van der Waals surface area contributed by atoms with E-state index in [9.17, 15) is 29.9 Å². The van der Waals surface area contributed by atoms with Crippen molar-refractivity contribution in [1.29, 1.82) is 0 Å². The molecule has 2 aromatic carbocycles. The number of ketones is 1. The van der Waals surface area contributed by atoms with Gasteiger partial charge in [0.25, 0.3) is 17.4 Å². The molecule has 27 heavy (non-hydrogen) atoms. The topological polar surface area (TPSA) is 121 Å². The zero-order chi connectivity index (χ0) is 19.6. The van der Waals surface area contributed by atoms with Crippen LogP contribution in [0, 0.1) is 10.1 Å². The molecule has 1 fully saturated rings. The second-order valence-corrected chi connectivity index (χ2v) is 5.93. The van der Waals surface area contributed by atoms with Crippen molar-refractivity contribution in [2.24, 2.45) is 0 Å². The Bertz CT molecular complexity index is 938. The van der Waals surface area contributed by atoms with Crippen LogP contribution in [0.1, 0.15) is 17.2 Å². The molecule has 0 saturated carbocycles. The van der Waals surface area contributed by atoms with Gasteiger partial charge in [0.05, 0.1) is 23.1 Å². The molecular weight excluding hydrogens is 352 g/mol. The molecule has 138 valence electrons. The fraction of sp³-hybridized carbons (Fsp3) is 0.158. The van der Waals surface area contributed by atoms with E-state index in [1.807, 2.05) is 0 Å². The van der Waals surface area contributed by atoms with Crippen LogP contribution in [-0.4, -0.2) is 44.9 Å². The van der Waals surface area contributed by atoms with E-state index in [-0.39, 0.29) is 23.6 Å². The van der Waals surface area contributed by atoms with Gasteiger partial charge in [0.15, 0.2) is 0 Å². The lowest BCUT2D eigenvalue weighted by atomic mass is 9.95. The molecule has 0 aliphatic carbocycles. The Morgan fingerprint density at radius 3 is 2.44 bits per heavy atom. The van der Waals surface area contributed by atoms with Crippen LogP contribution in [0.2, 0.25) is 0 Å². The lowest BCUT2D eigenvalue weighted by Crippen LogP contribution is -2.32. The van der Waals surface area contributed by atoms with Crippen molar-refractivity contribution in [2.45, 2.75) is 6.04 Å². The number of Topliss-reactive ketones (excluding diaryl/α,β-unsaturated/α-hetero) is 1. The normalized spacial score (nSPS) is 18.7. The summed E-state index contributed by atoms with van der Waals surface area (Å²) in [6, 6.07) is 12.7. The van der Waals surface area contributed by atoms with E-state index < -0.39 is 29.3 Å². The largest absolute Gasteiger partial charge is 0.507 e. The second kappa shape index (κ2) is 7.38. The molecule has 1 amide bonds. The van der Waals surface area contributed by atoms with Crippen molar-refractivity contribution in [1.82, 2.24) is 4.90 Å². The summed E-state index contributed by atoms with van der Waals surface area (Å²) in [7, 11) is 0. The lowest BCUT2D eigenvalue weighted by Gasteiger charge is -2.24. The number of carbonyl (C=O) groups is 2. The highest BCUT2D eigenvalue weighted by molar-refractivity contribution is 6.46. The van der Waals surface area contributed by atoms with Crippen LogP contribution in [0.3, 0.4) is 0 Å². The van der Waals surface area contributed by atoms with Crippen LogP contribution in [0.15, 0.2) is 60.2 Å². The van der Waals surface area contributed by atoms with Gasteiger partial charge >= 0.3 is 0 Å². The van der Waals surface area contributed by atoms with E-state index in [0.717, 1.165) is 4.90 Å². The van der Waals surface area contributed by atoms with E-state index >= 15 is 0 Å². The molecule has 1 atom stereocenters. The molecule has 0 spiro atoms. The van der Waals surface area contributed by atoms with Gasteiger partial charge in [-0.2, -0.15) is 0 Å². The van der Waals surface area contributed by atoms with Gasteiger partial charge in [0.2, 0.25) is 0 Å². The molecule has 8 heteroatoms. The number of likely N-dealkylation sites (tertiary alicyclic amines) is 1. The number of nitrogens with zero attached hydrogens (tertiary/aromatic N) is 2. The van der Waals surface area contributed by atoms with E-state index in [4.69, 9.17) is 0 Å². The summed E-state index contributed by atoms with van der Waals surface area (Å²) in [5.74, 6) is -2.15. The van der Waals surface area contributed by atoms with Crippen molar-refractivity contribution in [3.05, 3.63) is 81.4 Å². The molecule has 2 aromatic rings. The second-order valence-electron chi connectivity index (χ2n) is 5.93. The third-order valence-electron chi connectivity index (χ3n) is 4.32. The van der Waals surface area contributed by atoms with Crippen LogP contribution in [-0.2, 0) is 9.59 Å². The maximum Gasteiger partial charge on any atom is 0.295 e. The summed E-state index contributed by atoms with van der Waals surface area (Å²) in [6.07, 6.45) is 0. The van der Waals surface area contributed by atoms with E-state index in [1.54, 1.807) is 30.3 Å². The molecule has 1 heterocycles. The average molecular weight is 368 g/mol. The van der Waals surface area contributed by atoms with Crippen molar-refractivity contribution >= 4 is 23.1 Å². The van der Waals surface area contributed by atoms with Gasteiger partial charge in [0.1, 0.15) is 5.76 Å². The van der Waals surface area contributed by atoms with Gasteiger partial charge < -0.3 is 15.1 Å². The zero-order valence-electron chi connectivity index (χ0n) is 14.1. The fourth-order valence-corrected chi connectivity index (χ4v) is 3.12. The zero-order valence-corrected chi connectivity index (χ0v) is 14.1. The minimum Gasteiger partial charge on any atom is -0.507 e. The average Bonchev–Trinajstić information content (AvgIpc) is 2.93. The summed E-state index contributed by atoms with van der Waals surface area (Å²) in [5, 5.41) is 31.1. The Morgan fingerprint density at radius 1 is 1.11 bits per heavy atom. The fourth-order valence-electron chi connectivity index (χ4n) is 3.12. The van der Waals surface area contributed by atoms with Crippen molar-refractivity contribution in [2.75, 3.05) is 13.2 Å². The van der Waals surface area contributed by atoms with E-state index in [1.165, 1.54) is 24.3 Å². The number of aliphatic hydroxyl groups is 2. The molecule has 3 rings (SSSR count). The first-order valence-electron chi connectivity index (χ1n) is 8.14. The maximum absolute atomic E-state index is 12.6. The third kappa shape index (κ3) is 3.30. The van der Waals surface area contributed by atoms with Gasteiger partial charge in [-0.05, 0) is 5.56 Å². The SMILES string of the molecule is O=C1C(=O)N(CCO)[C@H](c2cccc([N+](=O)[O-])c2)/C1=C(/O)c1ccccc1. The number of non-ortho nitro benzene ring substituents is 1. The maximum atomic E-state index is 12.6. The molecule has 1 saturated heterocycles. The summed E-state index contributed by atoms with van der Waals surface area (Å²) in [5.41, 5.74) is 0.270. The quantitative estimate of drug-likeness (QED) is 0.274. The summed E-state index contributed by atoms with van der Waals surface area (Å²) in [6.45, 7) is -0.548. The molecule has 0 radical (unpaired) electrons. The Balaban J connectivity index is 2.21. The number of rotatable bonds is 5. The van der Waals surface area contributed by atoms with Gasteiger partial charge in [-0.3, -0.25) is 19.7 Å². The van der Waals surface area contributed by atoms with Gasteiger partial charge in [-0.1, -0.05) is 42.5 Å². The predicted molar refractivity (Wildman–Crippen MR) is 95.6 cm³/mol. The molecular formula is C19H16N2O6. The van der Waals surface area contributed by atoms with Crippen LogP contribution in [0.5, 0.6) is 0 Å². The highest BCUT2D eigenvalue weighted by atomic mass is 16.6. The summed E-state index contributed by atoms with van der Waals surface area (Å²) in [4.78, 5) is 36.6. The molecule has 8 nitrogen and oxygen atoms in total. The number of hydrogen-bond acceptors (Lipinski definition) is 6. The van der Waals surface area contributed by atoms with E-state index in [0.29, 0.717) is 11.1 Å². The molecule has 0 unspecified atom stereocenters. The Kier molecular flexibility index (Phi) is 5.00. The number of nitro groups is 1. The molecule has 1 aliphatic heterocycles.